The van der Waals surface area contributed by atoms with Gasteiger partial charge in [-0.25, -0.2) is 9.37 Å². The number of ether oxygens (including phenoxy) is 1. The van der Waals surface area contributed by atoms with Gasteiger partial charge in [-0.1, -0.05) is 5.73 Å². The number of anilines is 1. The zero-order chi connectivity index (χ0) is 24.2. The van der Waals surface area contributed by atoms with Crippen LogP contribution in [0.2, 0.25) is 0 Å². The first-order chi connectivity index (χ1) is 17.1. The molecule has 1 aromatic carbocycles. The van der Waals surface area contributed by atoms with Crippen molar-refractivity contribution in [2.24, 2.45) is 4.99 Å². The molecule has 2 aromatic rings. The fourth-order valence-electron chi connectivity index (χ4n) is 4.54. The van der Waals surface area contributed by atoms with E-state index in [0.29, 0.717) is 55.7 Å². The second kappa shape index (κ2) is 10.2. The number of amides is 2. The van der Waals surface area contributed by atoms with Crippen LogP contribution in [-0.2, 0) is 14.3 Å². The number of nitrogens with one attached hydrogen (secondary N) is 1. The maximum absolute atomic E-state index is 13.5. The van der Waals surface area contributed by atoms with Crippen molar-refractivity contribution in [2.75, 3.05) is 44.6 Å². The van der Waals surface area contributed by atoms with E-state index in [4.69, 9.17) is 4.74 Å². The van der Waals surface area contributed by atoms with Gasteiger partial charge in [-0.05, 0) is 43.5 Å². The second-order valence-corrected chi connectivity index (χ2v) is 8.66. The molecule has 1 aromatic heterocycles. The lowest BCUT2D eigenvalue weighted by Gasteiger charge is -2.24. The lowest BCUT2D eigenvalue weighted by molar-refractivity contribution is -0.141. The van der Waals surface area contributed by atoms with Crippen LogP contribution in [0.3, 0.4) is 0 Å². The predicted molar refractivity (Wildman–Crippen MR) is 129 cm³/mol. The van der Waals surface area contributed by atoms with Crippen molar-refractivity contribution >= 4 is 30.0 Å². The summed E-state index contributed by atoms with van der Waals surface area (Å²) in [4.78, 5) is 38.2. The van der Waals surface area contributed by atoms with Crippen LogP contribution in [0.15, 0.2) is 41.2 Å². The van der Waals surface area contributed by atoms with Gasteiger partial charge in [-0.15, -0.1) is 0 Å². The summed E-state index contributed by atoms with van der Waals surface area (Å²) in [6, 6.07) is 6.05. The summed E-state index contributed by atoms with van der Waals surface area (Å²) in [5.74, 6) is 0.788. The number of halogens is 1. The molecular formula is C25H27FN6O3. The Bertz CT molecular complexity index is 1190. The standard InChI is InChI=1S/C25H27FN6O3/c26-19-7-5-18(6-8-19)23-24(32-12-2-9-27-16-21(32)29-23)28-17-22(33)30-10-3-11-31(14-13-30)25(34)20-4-1-15-35-20/h5-9,12,16,20,28H,1,3-4,10-11,13-15,17H2. The number of rotatable bonds is 5. The van der Waals surface area contributed by atoms with E-state index >= 15 is 0 Å². The molecule has 3 aliphatic rings. The number of carbonyl (C=O) groups is 2. The molecule has 0 radical (unpaired) electrons. The summed E-state index contributed by atoms with van der Waals surface area (Å²) < 4.78 is 20.8. The number of hydrogen-bond acceptors (Lipinski definition) is 6. The summed E-state index contributed by atoms with van der Waals surface area (Å²) in [5, 5.41) is 3.23. The Balaban J connectivity index is 1.28. The van der Waals surface area contributed by atoms with Crippen LogP contribution >= 0.6 is 0 Å². The van der Waals surface area contributed by atoms with E-state index in [9.17, 15) is 14.0 Å². The molecule has 10 heteroatoms. The highest BCUT2D eigenvalue weighted by molar-refractivity contribution is 5.87. The monoisotopic (exact) mass is 478 g/mol. The molecule has 5 rings (SSSR count). The minimum absolute atomic E-state index is 0.0299. The van der Waals surface area contributed by atoms with Crippen molar-refractivity contribution in [2.45, 2.75) is 25.4 Å². The third kappa shape index (κ3) is 5.03. The number of aromatic nitrogens is 2. The van der Waals surface area contributed by atoms with Crippen LogP contribution in [0.5, 0.6) is 0 Å². The van der Waals surface area contributed by atoms with Gasteiger partial charge in [0.05, 0.1) is 25.2 Å². The Morgan fingerprint density at radius 2 is 1.91 bits per heavy atom. The molecule has 0 spiro atoms. The van der Waals surface area contributed by atoms with Gasteiger partial charge in [0, 0.05) is 38.3 Å². The molecule has 9 nitrogen and oxygen atoms in total. The van der Waals surface area contributed by atoms with Crippen molar-refractivity contribution in [1.29, 1.82) is 0 Å². The summed E-state index contributed by atoms with van der Waals surface area (Å²) in [6.07, 6.45) is 6.88. The molecular weight excluding hydrogens is 451 g/mol. The zero-order valence-electron chi connectivity index (χ0n) is 19.3. The van der Waals surface area contributed by atoms with Crippen molar-refractivity contribution in [3.8, 4) is 11.3 Å². The number of benzene rings is 1. The minimum Gasteiger partial charge on any atom is -0.368 e. The molecule has 4 heterocycles. The van der Waals surface area contributed by atoms with E-state index in [-0.39, 0.29) is 30.3 Å². The SMILES string of the molecule is O=C(CNc1c(-c2ccc(F)cc2)nc2n1C=C=CN=C2)N1CCCN(C(=O)C2CCCO2)CC1. The third-order valence-corrected chi connectivity index (χ3v) is 6.37. The number of nitrogens with zero attached hydrogens (tertiary/aromatic N) is 5. The number of aliphatic imine (C=N–C) groups is 1. The molecule has 1 unspecified atom stereocenters. The Kier molecular flexibility index (Phi) is 6.74. The van der Waals surface area contributed by atoms with Gasteiger partial charge in [-0.3, -0.25) is 19.1 Å². The highest BCUT2D eigenvalue weighted by Crippen LogP contribution is 2.29. The summed E-state index contributed by atoms with van der Waals surface area (Å²) >= 11 is 0. The molecule has 2 amide bonds. The van der Waals surface area contributed by atoms with E-state index in [1.54, 1.807) is 34.0 Å². The molecule has 2 fully saturated rings. The van der Waals surface area contributed by atoms with Crippen LogP contribution in [0.1, 0.15) is 25.1 Å². The van der Waals surface area contributed by atoms with E-state index < -0.39 is 0 Å². The van der Waals surface area contributed by atoms with Gasteiger partial charge in [0.1, 0.15) is 23.4 Å². The maximum Gasteiger partial charge on any atom is 0.251 e. The van der Waals surface area contributed by atoms with Gasteiger partial charge >= 0.3 is 0 Å². The first kappa shape index (κ1) is 23.0. The summed E-state index contributed by atoms with van der Waals surface area (Å²) in [7, 11) is 0. The number of imidazole rings is 1. The topological polar surface area (TPSA) is 92.1 Å². The normalized spacial score (nSPS) is 19.4. The van der Waals surface area contributed by atoms with E-state index in [1.807, 2.05) is 4.90 Å². The summed E-state index contributed by atoms with van der Waals surface area (Å²) in [5.41, 5.74) is 4.25. The minimum atomic E-state index is -0.341. The lowest BCUT2D eigenvalue weighted by Crippen LogP contribution is -2.42. The van der Waals surface area contributed by atoms with Gasteiger partial charge in [0.2, 0.25) is 5.91 Å². The fraction of sp³-hybridized carbons (Fsp3) is 0.400. The van der Waals surface area contributed by atoms with Crippen LogP contribution < -0.4 is 5.32 Å². The van der Waals surface area contributed by atoms with Gasteiger partial charge < -0.3 is 19.9 Å². The van der Waals surface area contributed by atoms with Crippen molar-refractivity contribution < 1.29 is 18.7 Å². The zero-order valence-corrected chi connectivity index (χ0v) is 19.3. The number of hydrogen-bond donors (Lipinski definition) is 1. The first-order valence-corrected chi connectivity index (χ1v) is 11.8. The van der Waals surface area contributed by atoms with Crippen LogP contribution in [0, 0.1) is 5.82 Å². The first-order valence-electron chi connectivity index (χ1n) is 11.8. The van der Waals surface area contributed by atoms with Gasteiger partial charge in [-0.2, -0.15) is 0 Å². The van der Waals surface area contributed by atoms with Crippen LogP contribution in [0.4, 0.5) is 10.2 Å². The Labute approximate surface area is 202 Å². The summed E-state index contributed by atoms with van der Waals surface area (Å²) in [6.45, 7) is 2.86. The number of carbonyl (C=O) groups excluding carboxylic acids is 2. The van der Waals surface area contributed by atoms with Gasteiger partial charge in [0.15, 0.2) is 5.82 Å². The van der Waals surface area contributed by atoms with Crippen LogP contribution in [-0.4, -0.2) is 82.8 Å². The van der Waals surface area contributed by atoms with Gasteiger partial charge in [0.25, 0.3) is 5.91 Å². The largest absolute Gasteiger partial charge is 0.368 e. The number of fused-ring (bicyclic) bond motifs is 1. The maximum atomic E-state index is 13.5. The molecule has 0 bridgehead atoms. The van der Waals surface area contributed by atoms with E-state index in [2.05, 4.69) is 21.0 Å². The van der Waals surface area contributed by atoms with Crippen molar-refractivity contribution in [3.05, 3.63) is 47.8 Å². The average Bonchev–Trinajstić information content (AvgIpc) is 3.36. The lowest BCUT2D eigenvalue weighted by atomic mass is 10.1. The highest BCUT2D eigenvalue weighted by Gasteiger charge is 2.30. The molecule has 2 saturated heterocycles. The quantitative estimate of drug-likeness (QED) is 0.667. The molecule has 0 saturated carbocycles. The Hall–Kier alpha value is -3.75. The van der Waals surface area contributed by atoms with E-state index in [1.165, 1.54) is 18.3 Å². The Morgan fingerprint density at radius 3 is 2.71 bits per heavy atom. The smallest absolute Gasteiger partial charge is 0.251 e. The Morgan fingerprint density at radius 1 is 1.11 bits per heavy atom. The average molecular weight is 479 g/mol. The molecule has 1 N–H and O–H groups in total. The van der Waals surface area contributed by atoms with E-state index in [0.717, 1.165) is 19.3 Å². The highest BCUT2D eigenvalue weighted by atomic mass is 19.1. The molecule has 3 aliphatic heterocycles. The second-order valence-electron chi connectivity index (χ2n) is 8.66. The third-order valence-electron chi connectivity index (χ3n) is 6.37. The molecule has 182 valence electrons. The van der Waals surface area contributed by atoms with Crippen molar-refractivity contribution in [1.82, 2.24) is 19.4 Å². The molecule has 1 atom stereocenters. The fourth-order valence-corrected chi connectivity index (χ4v) is 4.54. The molecule has 0 aliphatic carbocycles. The van der Waals surface area contributed by atoms with Crippen molar-refractivity contribution in [3.63, 3.8) is 0 Å². The van der Waals surface area contributed by atoms with Crippen LogP contribution in [0.25, 0.3) is 17.5 Å². The molecule has 35 heavy (non-hydrogen) atoms. The predicted octanol–water partition coefficient (Wildman–Crippen LogP) is 2.36.